The number of nitrogens with one attached hydrogen (secondary N) is 1. The van der Waals surface area contributed by atoms with Gasteiger partial charge in [-0.05, 0) is 6.07 Å². The van der Waals surface area contributed by atoms with Crippen molar-refractivity contribution in [3.05, 3.63) is 34.0 Å². The number of H-pyrrole nitrogens is 1. The summed E-state index contributed by atoms with van der Waals surface area (Å²) in [4.78, 5) is 23.4. The normalized spacial score (nSPS) is 11.6. The lowest BCUT2D eigenvalue weighted by Gasteiger charge is -2.08. The van der Waals surface area contributed by atoms with Gasteiger partial charge in [-0.25, -0.2) is 0 Å². The van der Waals surface area contributed by atoms with Gasteiger partial charge in [0.05, 0.1) is 10.4 Å². The number of ether oxygens (including phenoxy) is 1. The molecule has 6 nitrogen and oxygen atoms in total. The first-order valence-electron chi connectivity index (χ1n) is 5.81. The van der Waals surface area contributed by atoms with Gasteiger partial charge >= 0.3 is 12.1 Å². The molecule has 0 saturated carbocycles. The van der Waals surface area contributed by atoms with Gasteiger partial charge < -0.3 is 9.72 Å². The molecule has 0 spiro atoms. The SMILES string of the molecule is CCC(=O)Oc1c[nH]c2cc(C(F)(F)F)c([N+](=O)[O-])cc12. The third kappa shape index (κ3) is 2.81. The maximum Gasteiger partial charge on any atom is 0.423 e. The summed E-state index contributed by atoms with van der Waals surface area (Å²) in [5.41, 5.74) is -2.47. The molecule has 0 atom stereocenters. The highest BCUT2D eigenvalue weighted by Crippen LogP contribution is 2.40. The van der Waals surface area contributed by atoms with Crippen molar-refractivity contribution in [1.82, 2.24) is 4.98 Å². The van der Waals surface area contributed by atoms with E-state index < -0.39 is 28.3 Å². The summed E-state index contributed by atoms with van der Waals surface area (Å²) in [6.07, 6.45) is -3.61. The summed E-state index contributed by atoms with van der Waals surface area (Å²) in [5, 5.41) is 10.8. The number of hydrogen-bond donors (Lipinski definition) is 1. The molecule has 0 amide bonds. The van der Waals surface area contributed by atoms with Gasteiger partial charge in [-0.3, -0.25) is 14.9 Å². The largest absolute Gasteiger partial charge is 0.424 e. The zero-order valence-electron chi connectivity index (χ0n) is 10.7. The van der Waals surface area contributed by atoms with Gasteiger partial charge in [0, 0.05) is 24.1 Å². The molecule has 0 radical (unpaired) electrons. The number of halogens is 3. The van der Waals surface area contributed by atoms with Crippen LogP contribution in [0, 0.1) is 10.1 Å². The molecule has 0 unspecified atom stereocenters. The Morgan fingerprint density at radius 1 is 1.43 bits per heavy atom. The predicted octanol–water partition coefficient (Wildman–Crippen LogP) is 3.41. The van der Waals surface area contributed by atoms with Crippen molar-refractivity contribution in [2.45, 2.75) is 19.5 Å². The van der Waals surface area contributed by atoms with Crippen LogP contribution >= 0.6 is 0 Å². The van der Waals surface area contributed by atoms with Crippen LogP contribution in [0.15, 0.2) is 18.3 Å². The molecule has 1 aromatic heterocycles. The van der Waals surface area contributed by atoms with E-state index in [2.05, 4.69) is 4.98 Å². The number of benzene rings is 1. The second-order valence-corrected chi connectivity index (χ2v) is 4.15. The van der Waals surface area contributed by atoms with E-state index in [9.17, 15) is 28.1 Å². The maximum atomic E-state index is 12.8. The van der Waals surface area contributed by atoms with Gasteiger partial charge in [-0.15, -0.1) is 0 Å². The lowest BCUT2D eigenvalue weighted by Crippen LogP contribution is -2.09. The lowest BCUT2D eigenvalue weighted by molar-refractivity contribution is -0.387. The molecule has 0 aliphatic heterocycles. The van der Waals surface area contributed by atoms with Crippen LogP contribution in [0.3, 0.4) is 0 Å². The Labute approximate surface area is 115 Å². The van der Waals surface area contributed by atoms with E-state index in [1.54, 1.807) is 6.92 Å². The summed E-state index contributed by atoms with van der Waals surface area (Å²) in [6.45, 7) is 1.54. The minimum absolute atomic E-state index is 0.00757. The number of hydrogen-bond acceptors (Lipinski definition) is 4. The second kappa shape index (κ2) is 5.08. The Hall–Kier alpha value is -2.58. The zero-order valence-corrected chi connectivity index (χ0v) is 10.7. The summed E-state index contributed by atoms with van der Waals surface area (Å²) < 4.78 is 43.3. The van der Waals surface area contributed by atoms with Gasteiger partial charge in [-0.2, -0.15) is 13.2 Å². The minimum Gasteiger partial charge on any atom is -0.424 e. The number of nitro groups is 1. The van der Waals surface area contributed by atoms with Gasteiger partial charge in [0.1, 0.15) is 5.56 Å². The molecule has 0 aliphatic rings. The highest BCUT2D eigenvalue weighted by atomic mass is 19.4. The number of rotatable bonds is 3. The molecule has 0 aliphatic carbocycles. The smallest absolute Gasteiger partial charge is 0.423 e. The Morgan fingerprint density at radius 3 is 2.62 bits per heavy atom. The van der Waals surface area contributed by atoms with E-state index in [-0.39, 0.29) is 23.1 Å². The van der Waals surface area contributed by atoms with Crippen LogP contribution in [0.25, 0.3) is 10.9 Å². The molecule has 1 N–H and O–H groups in total. The van der Waals surface area contributed by atoms with Crippen LogP contribution in [0.1, 0.15) is 18.9 Å². The maximum absolute atomic E-state index is 12.8. The first kappa shape index (κ1) is 14.8. The van der Waals surface area contributed by atoms with E-state index in [0.717, 1.165) is 6.07 Å². The number of aromatic amines is 1. The fraction of sp³-hybridized carbons (Fsp3) is 0.250. The van der Waals surface area contributed by atoms with Crippen molar-refractivity contribution in [1.29, 1.82) is 0 Å². The highest BCUT2D eigenvalue weighted by molar-refractivity contribution is 5.91. The summed E-state index contributed by atoms with van der Waals surface area (Å²) >= 11 is 0. The third-order valence-corrected chi connectivity index (χ3v) is 2.77. The van der Waals surface area contributed by atoms with E-state index in [4.69, 9.17) is 4.74 Å². The minimum atomic E-state index is -4.86. The molecule has 0 fully saturated rings. The monoisotopic (exact) mass is 302 g/mol. The molecule has 21 heavy (non-hydrogen) atoms. The number of nitrogens with zero attached hydrogens (tertiary/aromatic N) is 1. The Bertz CT molecular complexity index is 721. The first-order valence-corrected chi connectivity index (χ1v) is 5.81. The third-order valence-electron chi connectivity index (χ3n) is 2.77. The van der Waals surface area contributed by atoms with Crippen LogP contribution in [0.2, 0.25) is 0 Å². The molecule has 0 saturated heterocycles. The summed E-state index contributed by atoms with van der Waals surface area (Å²) in [6, 6.07) is 1.36. The number of carbonyl (C=O) groups excluding carboxylic acids is 1. The number of nitro benzene ring substituents is 1. The van der Waals surface area contributed by atoms with Crippen molar-refractivity contribution >= 4 is 22.6 Å². The topological polar surface area (TPSA) is 85.2 Å². The zero-order chi connectivity index (χ0) is 15.8. The first-order chi connectivity index (χ1) is 9.74. The van der Waals surface area contributed by atoms with Gasteiger partial charge in [0.15, 0.2) is 5.75 Å². The summed E-state index contributed by atoms with van der Waals surface area (Å²) in [7, 11) is 0. The molecule has 2 aromatic rings. The quantitative estimate of drug-likeness (QED) is 0.535. The van der Waals surface area contributed by atoms with Gasteiger partial charge in [-0.1, -0.05) is 6.92 Å². The number of alkyl halides is 3. The number of aromatic nitrogens is 1. The van der Waals surface area contributed by atoms with Crippen molar-refractivity contribution in [3.8, 4) is 5.75 Å². The van der Waals surface area contributed by atoms with Crippen LogP contribution in [-0.4, -0.2) is 15.9 Å². The van der Waals surface area contributed by atoms with E-state index in [0.29, 0.717) is 6.07 Å². The number of fused-ring (bicyclic) bond motifs is 1. The van der Waals surface area contributed by atoms with Gasteiger partial charge in [0.25, 0.3) is 5.69 Å². The van der Waals surface area contributed by atoms with E-state index in [1.807, 2.05) is 0 Å². The van der Waals surface area contributed by atoms with Gasteiger partial charge in [0.2, 0.25) is 0 Å². The molecule has 0 bridgehead atoms. The second-order valence-electron chi connectivity index (χ2n) is 4.15. The molecule has 2 rings (SSSR count). The molecular formula is C12H9F3N2O4. The van der Waals surface area contributed by atoms with E-state index in [1.165, 1.54) is 6.20 Å². The molecule has 1 aromatic carbocycles. The predicted molar refractivity (Wildman–Crippen MR) is 65.9 cm³/mol. The Kier molecular flexibility index (Phi) is 3.58. The van der Waals surface area contributed by atoms with Crippen LogP contribution in [-0.2, 0) is 11.0 Å². The molecule has 1 heterocycles. The molecule has 112 valence electrons. The fourth-order valence-corrected chi connectivity index (χ4v) is 1.79. The van der Waals surface area contributed by atoms with Crippen LogP contribution in [0.5, 0.6) is 5.75 Å². The summed E-state index contributed by atoms with van der Waals surface area (Å²) in [5.74, 6) is -0.646. The van der Waals surface area contributed by atoms with Crippen molar-refractivity contribution in [2.24, 2.45) is 0 Å². The van der Waals surface area contributed by atoms with Crippen molar-refractivity contribution in [3.63, 3.8) is 0 Å². The average molecular weight is 302 g/mol. The van der Waals surface area contributed by atoms with Crippen LogP contribution < -0.4 is 4.74 Å². The van der Waals surface area contributed by atoms with Crippen molar-refractivity contribution < 1.29 is 27.6 Å². The highest BCUT2D eigenvalue weighted by Gasteiger charge is 2.39. The Balaban J connectivity index is 2.64. The van der Waals surface area contributed by atoms with E-state index >= 15 is 0 Å². The molecular weight excluding hydrogens is 293 g/mol. The standard InChI is InChI=1S/C12H9F3N2O4/c1-2-11(18)21-10-5-16-8-4-7(12(13,14)15)9(17(19)20)3-6(8)10/h3-5,16H,2H2,1H3. The molecule has 9 heteroatoms. The fourth-order valence-electron chi connectivity index (χ4n) is 1.79. The lowest BCUT2D eigenvalue weighted by atomic mass is 10.1. The Morgan fingerprint density at radius 2 is 2.10 bits per heavy atom. The van der Waals surface area contributed by atoms with Crippen LogP contribution in [0.4, 0.5) is 18.9 Å². The number of esters is 1. The van der Waals surface area contributed by atoms with Crippen molar-refractivity contribution in [2.75, 3.05) is 0 Å². The number of carbonyl (C=O) groups is 1. The average Bonchev–Trinajstić information content (AvgIpc) is 2.78.